The number of hydrogen-bond donors (Lipinski definition) is 1. The number of carbonyl (C=O) groups excluding carboxylic acids is 3. The first-order chi connectivity index (χ1) is 15.0. The van der Waals surface area contributed by atoms with E-state index < -0.39 is 0 Å². The molecule has 31 heavy (non-hydrogen) atoms. The van der Waals surface area contributed by atoms with Crippen LogP contribution in [0.5, 0.6) is 5.75 Å². The molecule has 2 heterocycles. The molecule has 0 saturated heterocycles. The number of anilines is 1. The number of halogens is 1. The number of amides is 3. The maximum absolute atomic E-state index is 12.4. The number of nitrogens with one attached hydrogen (secondary N) is 1. The van der Waals surface area contributed by atoms with E-state index in [1.165, 1.54) is 16.2 Å². The van der Waals surface area contributed by atoms with Crippen molar-refractivity contribution >= 4 is 45.8 Å². The van der Waals surface area contributed by atoms with Gasteiger partial charge in [-0.25, -0.2) is 4.98 Å². The van der Waals surface area contributed by atoms with Crippen molar-refractivity contribution in [1.29, 1.82) is 0 Å². The predicted molar refractivity (Wildman–Crippen MR) is 118 cm³/mol. The molecule has 1 aromatic heterocycles. The minimum absolute atomic E-state index is 0.173. The van der Waals surface area contributed by atoms with Crippen molar-refractivity contribution in [2.75, 3.05) is 18.5 Å². The topological polar surface area (TPSA) is 88.6 Å². The molecule has 0 radical (unpaired) electrons. The van der Waals surface area contributed by atoms with Gasteiger partial charge in [0.15, 0.2) is 5.13 Å². The third-order valence-corrected chi connectivity index (χ3v) is 5.90. The van der Waals surface area contributed by atoms with E-state index in [1.807, 2.05) is 0 Å². The zero-order valence-corrected chi connectivity index (χ0v) is 17.9. The van der Waals surface area contributed by atoms with Crippen LogP contribution in [0.3, 0.4) is 0 Å². The van der Waals surface area contributed by atoms with Gasteiger partial charge in [-0.15, -0.1) is 11.3 Å². The molecule has 2 aromatic carbocycles. The van der Waals surface area contributed by atoms with Crippen LogP contribution < -0.4 is 10.1 Å². The van der Waals surface area contributed by atoms with Crippen LogP contribution in [0.15, 0.2) is 54.7 Å². The highest BCUT2D eigenvalue weighted by Crippen LogP contribution is 2.24. The average Bonchev–Trinajstić information content (AvgIpc) is 3.31. The van der Waals surface area contributed by atoms with Gasteiger partial charge < -0.3 is 10.1 Å². The fourth-order valence-electron chi connectivity index (χ4n) is 3.12. The van der Waals surface area contributed by atoms with Gasteiger partial charge >= 0.3 is 0 Å². The predicted octanol–water partition coefficient (Wildman–Crippen LogP) is 4.04. The summed E-state index contributed by atoms with van der Waals surface area (Å²) in [6, 6.07) is 13.7. The van der Waals surface area contributed by atoms with Crippen LogP contribution >= 0.6 is 22.9 Å². The van der Waals surface area contributed by atoms with Gasteiger partial charge in [0, 0.05) is 29.1 Å². The molecule has 3 amide bonds. The second-order valence-corrected chi connectivity index (χ2v) is 8.34. The number of carbonyl (C=O) groups is 3. The minimum atomic E-state index is -0.278. The lowest BCUT2D eigenvalue weighted by molar-refractivity contribution is -0.116. The molecule has 4 rings (SSSR count). The van der Waals surface area contributed by atoms with E-state index >= 15 is 0 Å². The fraction of sp³-hybridized carbons (Fsp3) is 0.182. The van der Waals surface area contributed by atoms with E-state index in [-0.39, 0.29) is 37.3 Å². The number of fused-ring (bicyclic) bond motifs is 1. The summed E-state index contributed by atoms with van der Waals surface area (Å²) in [6.45, 7) is 0.488. The second-order valence-electron chi connectivity index (χ2n) is 6.79. The number of ether oxygens (including phenoxy) is 1. The lowest BCUT2D eigenvalue weighted by Gasteiger charge is -2.12. The first-order valence-electron chi connectivity index (χ1n) is 9.59. The van der Waals surface area contributed by atoms with Crippen LogP contribution in [-0.2, 0) is 11.2 Å². The number of thiazole rings is 1. The Bertz CT molecular complexity index is 1090. The largest absolute Gasteiger partial charge is 0.493 e. The first-order valence-corrected chi connectivity index (χ1v) is 10.8. The van der Waals surface area contributed by atoms with Crippen molar-refractivity contribution in [1.82, 2.24) is 9.88 Å². The molecule has 0 atom stereocenters. The Labute approximate surface area is 187 Å². The molecule has 0 fully saturated rings. The highest BCUT2D eigenvalue weighted by Gasteiger charge is 2.34. The molecule has 0 bridgehead atoms. The SMILES string of the molecule is O=C(CCOc1ccc(Cl)cc1)Nc1ncc(CCN2C(=O)c3ccccc3C2=O)s1. The molecular weight excluding hydrogens is 438 g/mol. The Morgan fingerprint density at radius 2 is 1.74 bits per heavy atom. The summed E-state index contributed by atoms with van der Waals surface area (Å²) in [5.74, 6) is -0.129. The third-order valence-electron chi connectivity index (χ3n) is 4.67. The van der Waals surface area contributed by atoms with Crippen molar-refractivity contribution in [3.63, 3.8) is 0 Å². The molecule has 1 aliphatic rings. The van der Waals surface area contributed by atoms with E-state index in [4.69, 9.17) is 16.3 Å². The zero-order chi connectivity index (χ0) is 21.8. The number of aromatic nitrogens is 1. The minimum Gasteiger partial charge on any atom is -0.493 e. The van der Waals surface area contributed by atoms with Crippen molar-refractivity contribution in [2.24, 2.45) is 0 Å². The molecule has 0 spiro atoms. The van der Waals surface area contributed by atoms with Crippen LogP contribution in [0.2, 0.25) is 5.02 Å². The summed E-state index contributed by atoms with van der Waals surface area (Å²) < 4.78 is 5.51. The monoisotopic (exact) mass is 455 g/mol. The third kappa shape index (κ3) is 4.92. The van der Waals surface area contributed by atoms with E-state index in [9.17, 15) is 14.4 Å². The Hall–Kier alpha value is -3.23. The van der Waals surface area contributed by atoms with Crippen molar-refractivity contribution in [2.45, 2.75) is 12.8 Å². The van der Waals surface area contributed by atoms with Gasteiger partial charge in [0.2, 0.25) is 5.91 Å². The van der Waals surface area contributed by atoms with Crippen LogP contribution in [0.25, 0.3) is 0 Å². The number of hydrogen-bond acceptors (Lipinski definition) is 6. The normalized spacial score (nSPS) is 12.7. The smallest absolute Gasteiger partial charge is 0.261 e. The molecule has 9 heteroatoms. The summed E-state index contributed by atoms with van der Waals surface area (Å²) in [4.78, 5) is 43.2. The summed E-state index contributed by atoms with van der Waals surface area (Å²) in [6.07, 6.45) is 2.29. The van der Waals surface area contributed by atoms with Crippen LogP contribution in [0.4, 0.5) is 5.13 Å². The lowest BCUT2D eigenvalue weighted by Crippen LogP contribution is -2.31. The number of nitrogens with zero attached hydrogens (tertiary/aromatic N) is 2. The standard InChI is InChI=1S/C22H18ClN3O4S/c23-14-5-7-15(8-6-14)30-12-10-19(27)25-22-24-13-16(31-22)9-11-26-20(28)17-3-1-2-4-18(17)21(26)29/h1-8,13H,9-12H2,(H,24,25,27). The first kappa shape index (κ1) is 21.0. The molecule has 158 valence electrons. The Balaban J connectivity index is 1.24. The molecular formula is C22H18ClN3O4S. The quantitative estimate of drug-likeness (QED) is 0.518. The molecule has 7 nitrogen and oxygen atoms in total. The maximum Gasteiger partial charge on any atom is 0.261 e. The van der Waals surface area contributed by atoms with Gasteiger partial charge in [-0.05, 0) is 36.4 Å². The maximum atomic E-state index is 12.4. The molecule has 0 aliphatic carbocycles. The van der Waals surface area contributed by atoms with E-state index in [0.29, 0.717) is 33.5 Å². The zero-order valence-electron chi connectivity index (χ0n) is 16.3. The van der Waals surface area contributed by atoms with Crippen molar-refractivity contribution in [3.8, 4) is 5.75 Å². The lowest BCUT2D eigenvalue weighted by atomic mass is 10.1. The van der Waals surface area contributed by atoms with Crippen LogP contribution in [-0.4, -0.2) is 40.8 Å². The molecule has 3 aromatic rings. The molecule has 1 aliphatic heterocycles. The summed E-state index contributed by atoms with van der Waals surface area (Å²) in [7, 11) is 0. The fourth-order valence-corrected chi connectivity index (χ4v) is 4.06. The van der Waals surface area contributed by atoms with E-state index in [1.54, 1.807) is 54.7 Å². The van der Waals surface area contributed by atoms with Gasteiger partial charge in [-0.2, -0.15) is 0 Å². The van der Waals surface area contributed by atoms with Crippen LogP contribution in [0.1, 0.15) is 32.0 Å². The van der Waals surface area contributed by atoms with Gasteiger partial charge in [-0.3, -0.25) is 19.3 Å². The number of rotatable bonds is 8. The van der Waals surface area contributed by atoms with Gasteiger partial charge in [0.25, 0.3) is 11.8 Å². The van der Waals surface area contributed by atoms with Crippen LogP contribution in [0, 0.1) is 0 Å². The van der Waals surface area contributed by atoms with Gasteiger partial charge in [0.05, 0.1) is 24.2 Å². The Morgan fingerprint density at radius 3 is 2.42 bits per heavy atom. The Morgan fingerprint density at radius 1 is 1.06 bits per heavy atom. The summed E-state index contributed by atoms with van der Waals surface area (Å²) in [5.41, 5.74) is 0.871. The highest BCUT2D eigenvalue weighted by molar-refractivity contribution is 7.15. The molecule has 0 saturated carbocycles. The second kappa shape index (κ2) is 9.28. The highest BCUT2D eigenvalue weighted by atomic mass is 35.5. The number of benzene rings is 2. The van der Waals surface area contributed by atoms with E-state index in [0.717, 1.165) is 4.88 Å². The Kier molecular flexibility index (Phi) is 6.29. The van der Waals surface area contributed by atoms with Gasteiger partial charge in [-0.1, -0.05) is 23.7 Å². The van der Waals surface area contributed by atoms with Crippen molar-refractivity contribution in [3.05, 3.63) is 75.8 Å². The summed E-state index contributed by atoms with van der Waals surface area (Å²) >= 11 is 7.14. The van der Waals surface area contributed by atoms with Gasteiger partial charge in [0.1, 0.15) is 5.75 Å². The van der Waals surface area contributed by atoms with E-state index in [2.05, 4.69) is 10.3 Å². The molecule has 0 unspecified atom stereocenters. The summed E-state index contributed by atoms with van der Waals surface area (Å²) in [5, 5.41) is 3.82. The number of imide groups is 1. The van der Waals surface area contributed by atoms with Crippen molar-refractivity contribution < 1.29 is 19.1 Å². The molecule has 1 N–H and O–H groups in total. The average molecular weight is 456 g/mol.